The summed E-state index contributed by atoms with van der Waals surface area (Å²) < 4.78 is 54.6. The summed E-state index contributed by atoms with van der Waals surface area (Å²) in [6.07, 6.45) is 0.165. The molecule has 1 fully saturated rings. The molecular formula is C18H24F4N2. The van der Waals surface area contributed by atoms with Crippen molar-refractivity contribution >= 4 is 0 Å². The highest BCUT2D eigenvalue weighted by Crippen LogP contribution is 2.39. The molecule has 0 bridgehead atoms. The van der Waals surface area contributed by atoms with Gasteiger partial charge >= 0.3 is 6.18 Å². The lowest BCUT2D eigenvalue weighted by Crippen LogP contribution is -2.45. The Hall–Kier alpha value is -1.40. The van der Waals surface area contributed by atoms with E-state index in [2.05, 4.69) is 11.9 Å². The van der Waals surface area contributed by atoms with Crippen LogP contribution in [0, 0.1) is 5.82 Å². The smallest absolute Gasteiger partial charge is 0.314 e. The van der Waals surface area contributed by atoms with Gasteiger partial charge in [-0.25, -0.2) is 4.39 Å². The van der Waals surface area contributed by atoms with Gasteiger partial charge in [-0.1, -0.05) is 18.6 Å². The minimum Gasteiger partial charge on any atom is -0.314 e. The number of rotatable bonds is 7. The molecule has 1 aromatic carbocycles. The van der Waals surface area contributed by atoms with Crippen molar-refractivity contribution in [3.05, 3.63) is 47.8 Å². The summed E-state index contributed by atoms with van der Waals surface area (Å²) in [6, 6.07) is 2.70. The summed E-state index contributed by atoms with van der Waals surface area (Å²) >= 11 is 0. The van der Waals surface area contributed by atoms with Crippen molar-refractivity contribution in [3.63, 3.8) is 0 Å². The highest BCUT2D eigenvalue weighted by Gasteiger charge is 2.38. The Balaban J connectivity index is 2.33. The van der Waals surface area contributed by atoms with E-state index in [1.54, 1.807) is 6.08 Å². The molecule has 24 heavy (non-hydrogen) atoms. The molecule has 2 nitrogen and oxygen atoms in total. The highest BCUT2D eigenvalue weighted by molar-refractivity contribution is 5.34. The van der Waals surface area contributed by atoms with Gasteiger partial charge in [-0.2, -0.15) is 13.2 Å². The summed E-state index contributed by atoms with van der Waals surface area (Å²) in [5.41, 5.74) is -1.06. The van der Waals surface area contributed by atoms with Gasteiger partial charge in [-0.3, -0.25) is 4.90 Å². The third-order valence-electron chi connectivity index (χ3n) is 4.42. The van der Waals surface area contributed by atoms with E-state index < -0.39 is 23.6 Å². The Labute approximate surface area is 140 Å². The van der Waals surface area contributed by atoms with Crippen LogP contribution in [0.1, 0.15) is 42.9 Å². The first kappa shape index (κ1) is 18.9. The van der Waals surface area contributed by atoms with Crippen molar-refractivity contribution in [2.45, 2.75) is 37.9 Å². The zero-order valence-electron chi connectivity index (χ0n) is 13.7. The van der Waals surface area contributed by atoms with Gasteiger partial charge < -0.3 is 5.32 Å². The van der Waals surface area contributed by atoms with E-state index in [1.807, 2.05) is 4.90 Å². The maximum Gasteiger partial charge on any atom is 0.416 e. The Bertz CT molecular complexity index is 536. The molecule has 0 aliphatic carbocycles. The number of allylic oxidation sites excluding steroid dienone is 1. The van der Waals surface area contributed by atoms with Gasteiger partial charge in [0.1, 0.15) is 5.82 Å². The predicted molar refractivity (Wildman–Crippen MR) is 87.3 cm³/mol. The molecule has 0 amide bonds. The van der Waals surface area contributed by atoms with Crippen LogP contribution < -0.4 is 5.32 Å². The van der Waals surface area contributed by atoms with Gasteiger partial charge in [0.2, 0.25) is 0 Å². The first-order chi connectivity index (χ1) is 11.4. The molecule has 1 N–H and O–H groups in total. The van der Waals surface area contributed by atoms with Crippen LogP contribution in [0.5, 0.6) is 0 Å². The van der Waals surface area contributed by atoms with Gasteiger partial charge in [0.15, 0.2) is 0 Å². The molecule has 1 aromatic rings. The predicted octanol–water partition coefficient (Wildman–Crippen LogP) is 4.54. The molecule has 2 rings (SSSR count). The number of halogens is 4. The number of unbranched alkanes of at least 4 members (excludes halogenated alkanes) is 2. The molecule has 134 valence electrons. The molecule has 1 aliphatic rings. The number of hydrogen-bond donors (Lipinski definition) is 1. The third kappa shape index (κ3) is 4.80. The van der Waals surface area contributed by atoms with Crippen LogP contribution >= 0.6 is 0 Å². The lowest BCUT2D eigenvalue weighted by molar-refractivity contribution is -0.139. The minimum atomic E-state index is -4.55. The average molecular weight is 344 g/mol. The van der Waals surface area contributed by atoms with Gasteiger partial charge in [-0.05, 0) is 31.4 Å². The topological polar surface area (TPSA) is 15.3 Å². The quantitative estimate of drug-likeness (QED) is 0.444. The van der Waals surface area contributed by atoms with E-state index in [4.69, 9.17) is 0 Å². The van der Waals surface area contributed by atoms with Crippen LogP contribution in [0.15, 0.2) is 30.9 Å². The number of nitrogens with one attached hydrogen (secondary N) is 1. The zero-order valence-corrected chi connectivity index (χ0v) is 13.7. The monoisotopic (exact) mass is 344 g/mol. The van der Waals surface area contributed by atoms with E-state index in [-0.39, 0.29) is 5.56 Å². The van der Waals surface area contributed by atoms with Crippen LogP contribution in [0.3, 0.4) is 0 Å². The Kier molecular flexibility index (Phi) is 6.80. The highest BCUT2D eigenvalue weighted by atomic mass is 19.4. The van der Waals surface area contributed by atoms with E-state index in [1.165, 1.54) is 0 Å². The molecule has 0 spiro atoms. The molecule has 1 saturated heterocycles. The second kappa shape index (κ2) is 8.62. The van der Waals surface area contributed by atoms with Crippen LogP contribution in [0.4, 0.5) is 17.6 Å². The second-order valence-corrected chi connectivity index (χ2v) is 6.07. The first-order valence-corrected chi connectivity index (χ1v) is 8.36. The summed E-state index contributed by atoms with van der Waals surface area (Å²) in [7, 11) is 0. The lowest BCUT2D eigenvalue weighted by atomic mass is 9.93. The normalized spacial score (nSPS) is 17.7. The summed E-state index contributed by atoms with van der Waals surface area (Å²) in [6.45, 7) is 6.32. The van der Waals surface area contributed by atoms with Crippen molar-refractivity contribution in [3.8, 4) is 0 Å². The number of nitrogens with zero attached hydrogens (tertiary/aromatic N) is 1. The number of piperazine rings is 1. The first-order valence-electron chi connectivity index (χ1n) is 8.36. The molecule has 0 aromatic heterocycles. The van der Waals surface area contributed by atoms with Gasteiger partial charge in [0, 0.05) is 37.8 Å². The number of benzene rings is 1. The summed E-state index contributed by atoms with van der Waals surface area (Å²) in [4.78, 5) is 1.97. The van der Waals surface area contributed by atoms with E-state index in [0.717, 1.165) is 37.5 Å². The maximum absolute atomic E-state index is 14.4. The Morgan fingerprint density at radius 1 is 1.21 bits per heavy atom. The van der Waals surface area contributed by atoms with Crippen molar-refractivity contribution < 1.29 is 17.6 Å². The standard InChI is InChI=1S/C18H24F4N2/c1-2-3-4-5-9-16(24-12-10-23-11-13-24)17-14(18(20,21)22)7-6-8-15(17)19/h2,6-8,16,23H,1,3-5,9-13H2/t16-/m0/s1. The fraction of sp³-hybridized carbons (Fsp3) is 0.556. The van der Waals surface area contributed by atoms with Crippen molar-refractivity contribution in [2.24, 2.45) is 0 Å². The largest absolute Gasteiger partial charge is 0.416 e. The van der Waals surface area contributed by atoms with E-state index in [0.29, 0.717) is 32.6 Å². The zero-order chi connectivity index (χ0) is 17.6. The molecule has 0 radical (unpaired) electrons. The molecular weight excluding hydrogens is 320 g/mol. The SMILES string of the molecule is C=CCCCC[C@@H](c1c(F)cccc1C(F)(F)F)N1CCNCC1. The average Bonchev–Trinajstić information content (AvgIpc) is 2.55. The summed E-state index contributed by atoms with van der Waals surface area (Å²) in [5, 5.41) is 3.19. The van der Waals surface area contributed by atoms with E-state index >= 15 is 0 Å². The van der Waals surface area contributed by atoms with Crippen molar-refractivity contribution in [1.82, 2.24) is 10.2 Å². The Morgan fingerprint density at radius 2 is 1.92 bits per heavy atom. The molecule has 0 unspecified atom stereocenters. The molecule has 1 aliphatic heterocycles. The Morgan fingerprint density at radius 3 is 2.54 bits per heavy atom. The lowest BCUT2D eigenvalue weighted by Gasteiger charge is -2.36. The van der Waals surface area contributed by atoms with Crippen LogP contribution in [-0.2, 0) is 6.18 Å². The summed E-state index contributed by atoms with van der Waals surface area (Å²) in [5.74, 6) is -0.767. The van der Waals surface area contributed by atoms with Crippen molar-refractivity contribution in [1.29, 1.82) is 0 Å². The van der Waals surface area contributed by atoms with E-state index in [9.17, 15) is 17.6 Å². The van der Waals surface area contributed by atoms with Crippen molar-refractivity contribution in [2.75, 3.05) is 26.2 Å². The minimum absolute atomic E-state index is 0.203. The fourth-order valence-electron chi connectivity index (χ4n) is 3.25. The number of hydrogen-bond acceptors (Lipinski definition) is 2. The molecule has 6 heteroatoms. The van der Waals surface area contributed by atoms with Crippen LogP contribution in [-0.4, -0.2) is 31.1 Å². The second-order valence-electron chi connectivity index (χ2n) is 6.07. The maximum atomic E-state index is 14.4. The molecule has 1 heterocycles. The van der Waals surface area contributed by atoms with Gasteiger partial charge in [0.05, 0.1) is 5.56 Å². The number of alkyl halides is 3. The molecule has 0 saturated carbocycles. The third-order valence-corrected chi connectivity index (χ3v) is 4.42. The fourth-order valence-corrected chi connectivity index (χ4v) is 3.25. The van der Waals surface area contributed by atoms with Crippen LogP contribution in [0.25, 0.3) is 0 Å². The molecule has 1 atom stereocenters. The van der Waals surface area contributed by atoms with Gasteiger partial charge in [-0.15, -0.1) is 6.58 Å². The van der Waals surface area contributed by atoms with Gasteiger partial charge in [0.25, 0.3) is 0 Å². The van der Waals surface area contributed by atoms with Crippen LogP contribution in [0.2, 0.25) is 0 Å².